The van der Waals surface area contributed by atoms with Crippen LogP contribution in [0.25, 0.3) is 0 Å². The minimum Gasteiger partial charge on any atom is -0.319 e. The molecule has 1 N–H and O–H groups in total. The number of hydrogen-bond acceptors (Lipinski definition) is 3. The Bertz CT molecular complexity index is 986. The molecule has 1 fully saturated rings. The van der Waals surface area contributed by atoms with Gasteiger partial charge in [-0.05, 0) is 67.6 Å². The number of nitrogens with one attached hydrogen (secondary N) is 1. The third-order valence-corrected chi connectivity index (χ3v) is 5.70. The maximum absolute atomic E-state index is 13.2. The molecule has 0 bridgehead atoms. The molecule has 1 atom stereocenters. The fraction of sp³-hybridized carbons (Fsp3) is 0.318. The van der Waals surface area contributed by atoms with Crippen LogP contribution in [0.4, 0.5) is 4.79 Å². The summed E-state index contributed by atoms with van der Waals surface area (Å²) in [5, 5.41) is 3.26. The lowest BCUT2D eigenvalue weighted by Gasteiger charge is -2.26. The number of ketones is 1. The molecule has 2 aromatic rings. The molecule has 3 amide bonds. The summed E-state index contributed by atoms with van der Waals surface area (Å²) in [6.07, 6.45) is 0.352. The first kappa shape index (κ1) is 20.1. The number of imide groups is 1. The van der Waals surface area contributed by atoms with E-state index in [2.05, 4.69) is 5.32 Å². The Morgan fingerprint density at radius 1 is 1.07 bits per heavy atom. The van der Waals surface area contributed by atoms with Gasteiger partial charge in [0.1, 0.15) is 5.54 Å². The Morgan fingerprint density at radius 3 is 2.39 bits per heavy atom. The standard InChI is InChI=1S/C22H23ClN2O3/c1-5-22(16-7-6-8-17(23)11-16)20(27)25(21(28)24-22)12-19(26)18-10-14(3)13(2)9-15(18)4/h6-11H,5,12H2,1-4H3,(H,24,28). The summed E-state index contributed by atoms with van der Waals surface area (Å²) >= 11 is 6.08. The predicted octanol–water partition coefficient (Wildman–Crippen LogP) is 4.31. The maximum atomic E-state index is 13.2. The molecule has 2 aromatic carbocycles. The normalized spacial score (nSPS) is 19.1. The molecule has 146 valence electrons. The number of rotatable bonds is 5. The third kappa shape index (κ3) is 3.31. The minimum atomic E-state index is -1.21. The molecule has 1 saturated heterocycles. The number of carbonyl (C=O) groups is 3. The van der Waals surface area contributed by atoms with Crippen LogP contribution >= 0.6 is 11.6 Å². The first-order valence-electron chi connectivity index (χ1n) is 9.21. The summed E-state index contributed by atoms with van der Waals surface area (Å²) in [5.74, 6) is -0.695. The molecule has 1 heterocycles. The first-order valence-corrected chi connectivity index (χ1v) is 9.58. The molecule has 0 spiro atoms. The fourth-order valence-corrected chi connectivity index (χ4v) is 3.84. The van der Waals surface area contributed by atoms with Crippen LogP contribution in [0.5, 0.6) is 0 Å². The summed E-state index contributed by atoms with van der Waals surface area (Å²) in [4.78, 5) is 39.7. The summed E-state index contributed by atoms with van der Waals surface area (Å²) < 4.78 is 0. The number of benzene rings is 2. The van der Waals surface area contributed by atoms with E-state index in [-0.39, 0.29) is 12.3 Å². The summed E-state index contributed by atoms with van der Waals surface area (Å²) in [6, 6.07) is 10.1. The average Bonchev–Trinajstić information content (AvgIpc) is 2.89. The SMILES string of the molecule is CCC1(c2cccc(Cl)c2)NC(=O)N(CC(=O)c2cc(C)c(C)cc2C)C1=O. The number of hydrogen-bond donors (Lipinski definition) is 1. The number of amides is 3. The lowest BCUT2D eigenvalue weighted by Crippen LogP contribution is -2.43. The molecule has 0 saturated carbocycles. The van der Waals surface area contributed by atoms with Gasteiger partial charge in [0.25, 0.3) is 5.91 Å². The van der Waals surface area contributed by atoms with Gasteiger partial charge < -0.3 is 5.32 Å². The van der Waals surface area contributed by atoms with Crippen molar-refractivity contribution in [1.82, 2.24) is 10.2 Å². The topological polar surface area (TPSA) is 66.5 Å². The lowest BCUT2D eigenvalue weighted by atomic mass is 9.87. The van der Waals surface area contributed by atoms with E-state index in [4.69, 9.17) is 11.6 Å². The Balaban J connectivity index is 1.92. The van der Waals surface area contributed by atoms with Crippen LogP contribution in [0.3, 0.4) is 0 Å². The van der Waals surface area contributed by atoms with E-state index in [1.807, 2.05) is 39.8 Å². The Hall–Kier alpha value is -2.66. The van der Waals surface area contributed by atoms with Gasteiger partial charge in [0.15, 0.2) is 5.78 Å². The molecule has 1 unspecified atom stereocenters. The average molecular weight is 399 g/mol. The van der Waals surface area contributed by atoms with Crippen molar-refractivity contribution in [2.75, 3.05) is 6.54 Å². The molecular weight excluding hydrogens is 376 g/mol. The van der Waals surface area contributed by atoms with Crippen LogP contribution in [0.2, 0.25) is 5.02 Å². The van der Waals surface area contributed by atoms with Crippen molar-refractivity contribution >= 4 is 29.3 Å². The zero-order chi connectivity index (χ0) is 20.6. The second-order valence-corrected chi connectivity index (χ2v) is 7.70. The summed E-state index contributed by atoms with van der Waals surface area (Å²) in [7, 11) is 0. The molecule has 28 heavy (non-hydrogen) atoms. The van der Waals surface area contributed by atoms with E-state index in [0.717, 1.165) is 21.6 Å². The lowest BCUT2D eigenvalue weighted by molar-refractivity contribution is -0.131. The molecule has 1 aliphatic heterocycles. The molecule has 0 aromatic heterocycles. The molecule has 6 heteroatoms. The molecule has 3 rings (SSSR count). The quantitative estimate of drug-likeness (QED) is 0.603. The number of carbonyl (C=O) groups excluding carboxylic acids is 3. The summed E-state index contributed by atoms with van der Waals surface area (Å²) in [6.45, 7) is 7.29. The van der Waals surface area contributed by atoms with E-state index in [0.29, 0.717) is 22.6 Å². The van der Waals surface area contributed by atoms with Crippen LogP contribution in [0, 0.1) is 20.8 Å². The Labute approximate surface area is 169 Å². The monoisotopic (exact) mass is 398 g/mol. The van der Waals surface area contributed by atoms with Crippen LogP contribution in [0.1, 0.15) is 46.0 Å². The highest BCUT2D eigenvalue weighted by molar-refractivity contribution is 6.30. The van der Waals surface area contributed by atoms with Gasteiger partial charge in [-0.25, -0.2) is 4.79 Å². The number of urea groups is 1. The van der Waals surface area contributed by atoms with Gasteiger partial charge in [0.05, 0.1) is 6.54 Å². The van der Waals surface area contributed by atoms with Crippen LogP contribution in [-0.2, 0) is 10.3 Å². The van der Waals surface area contributed by atoms with Gasteiger partial charge in [0.2, 0.25) is 0 Å². The number of aryl methyl sites for hydroxylation is 3. The molecule has 0 aliphatic carbocycles. The van der Waals surface area contributed by atoms with Gasteiger partial charge >= 0.3 is 6.03 Å². The molecule has 0 radical (unpaired) electrons. The van der Waals surface area contributed by atoms with Gasteiger partial charge in [-0.3, -0.25) is 14.5 Å². The van der Waals surface area contributed by atoms with Crippen LogP contribution in [0.15, 0.2) is 36.4 Å². The highest BCUT2D eigenvalue weighted by Crippen LogP contribution is 2.33. The van der Waals surface area contributed by atoms with E-state index < -0.39 is 17.5 Å². The molecular formula is C22H23ClN2O3. The van der Waals surface area contributed by atoms with Gasteiger partial charge in [0, 0.05) is 10.6 Å². The predicted molar refractivity (Wildman–Crippen MR) is 109 cm³/mol. The summed E-state index contributed by atoms with van der Waals surface area (Å²) in [5.41, 5.74) is 2.85. The van der Waals surface area contributed by atoms with Gasteiger partial charge in [-0.15, -0.1) is 0 Å². The molecule has 5 nitrogen and oxygen atoms in total. The van der Waals surface area contributed by atoms with Crippen LogP contribution < -0.4 is 5.32 Å². The Kier molecular flexibility index (Phi) is 5.31. The number of halogens is 1. The second kappa shape index (κ2) is 7.40. The third-order valence-electron chi connectivity index (χ3n) is 5.47. The largest absolute Gasteiger partial charge is 0.325 e. The highest BCUT2D eigenvalue weighted by Gasteiger charge is 2.51. The first-order chi connectivity index (χ1) is 13.2. The van der Waals surface area contributed by atoms with Crippen molar-refractivity contribution < 1.29 is 14.4 Å². The van der Waals surface area contributed by atoms with Crippen molar-refractivity contribution in [3.05, 3.63) is 69.2 Å². The maximum Gasteiger partial charge on any atom is 0.325 e. The molecule has 1 aliphatic rings. The Morgan fingerprint density at radius 2 is 1.75 bits per heavy atom. The van der Waals surface area contributed by atoms with E-state index in [1.165, 1.54) is 0 Å². The van der Waals surface area contributed by atoms with Crippen molar-refractivity contribution in [2.24, 2.45) is 0 Å². The zero-order valence-corrected chi connectivity index (χ0v) is 17.2. The van der Waals surface area contributed by atoms with Crippen LogP contribution in [-0.4, -0.2) is 29.2 Å². The zero-order valence-electron chi connectivity index (χ0n) is 16.4. The van der Waals surface area contributed by atoms with E-state index in [9.17, 15) is 14.4 Å². The minimum absolute atomic E-state index is 0.262. The van der Waals surface area contributed by atoms with Crippen molar-refractivity contribution in [3.63, 3.8) is 0 Å². The van der Waals surface area contributed by atoms with E-state index >= 15 is 0 Å². The van der Waals surface area contributed by atoms with Crippen molar-refractivity contribution in [1.29, 1.82) is 0 Å². The number of Topliss-reactive ketones (excluding diaryl/α,β-unsaturated/α-hetero) is 1. The van der Waals surface area contributed by atoms with E-state index in [1.54, 1.807) is 24.3 Å². The van der Waals surface area contributed by atoms with Gasteiger partial charge in [-0.1, -0.05) is 36.7 Å². The fourth-order valence-electron chi connectivity index (χ4n) is 3.65. The number of nitrogens with zero attached hydrogens (tertiary/aromatic N) is 1. The second-order valence-electron chi connectivity index (χ2n) is 7.27. The van der Waals surface area contributed by atoms with Crippen molar-refractivity contribution in [3.8, 4) is 0 Å². The van der Waals surface area contributed by atoms with Crippen molar-refractivity contribution in [2.45, 2.75) is 39.7 Å². The smallest absolute Gasteiger partial charge is 0.319 e. The van der Waals surface area contributed by atoms with Gasteiger partial charge in [-0.2, -0.15) is 0 Å². The highest BCUT2D eigenvalue weighted by atomic mass is 35.5.